The Labute approximate surface area is 216 Å². The van der Waals surface area contributed by atoms with Crippen molar-refractivity contribution in [3.63, 3.8) is 0 Å². The lowest BCUT2D eigenvalue weighted by Crippen LogP contribution is -2.17. The summed E-state index contributed by atoms with van der Waals surface area (Å²) in [6, 6.07) is 28.7. The summed E-state index contributed by atoms with van der Waals surface area (Å²) in [5.74, 6) is 1.96. The largest absolute Gasteiger partial charge is 0.493 e. The first-order chi connectivity index (χ1) is 18.1. The lowest BCUT2D eigenvalue weighted by atomic mass is 10.0. The molecule has 0 saturated heterocycles. The maximum Gasteiger partial charge on any atom is 0.271 e. The molecule has 0 heterocycles. The molecule has 4 rings (SSSR count). The summed E-state index contributed by atoms with van der Waals surface area (Å²) in [4.78, 5) is 12.5. The molecule has 7 nitrogen and oxygen atoms in total. The predicted octanol–water partition coefficient (Wildman–Crippen LogP) is 5.72. The quantitative estimate of drug-likeness (QED) is 0.224. The van der Waals surface area contributed by atoms with Crippen molar-refractivity contribution in [1.29, 1.82) is 0 Å². The zero-order chi connectivity index (χ0) is 26.0. The molecule has 0 aliphatic carbocycles. The van der Waals surface area contributed by atoms with Gasteiger partial charge in [0.1, 0.15) is 12.4 Å². The number of nitrogens with one attached hydrogen (secondary N) is 1. The molecule has 0 spiro atoms. The van der Waals surface area contributed by atoms with E-state index in [4.69, 9.17) is 18.9 Å². The fraction of sp³-hybridized carbons (Fsp3) is 0.133. The first kappa shape index (κ1) is 25.3. The van der Waals surface area contributed by atoms with Gasteiger partial charge in [-0.05, 0) is 41.5 Å². The van der Waals surface area contributed by atoms with Crippen molar-refractivity contribution in [2.45, 2.75) is 6.61 Å². The normalized spacial score (nSPS) is 10.7. The summed E-state index contributed by atoms with van der Waals surface area (Å²) in [5.41, 5.74) is 6.77. The van der Waals surface area contributed by atoms with Gasteiger partial charge in [0, 0.05) is 16.7 Å². The zero-order valence-corrected chi connectivity index (χ0v) is 20.9. The second-order valence-corrected chi connectivity index (χ2v) is 8.01. The number of benzene rings is 4. The summed E-state index contributed by atoms with van der Waals surface area (Å²) in [6.07, 6.45) is 1.51. The van der Waals surface area contributed by atoms with Crippen LogP contribution in [0.3, 0.4) is 0 Å². The van der Waals surface area contributed by atoms with E-state index < -0.39 is 0 Å². The van der Waals surface area contributed by atoms with Crippen LogP contribution in [0.4, 0.5) is 0 Å². The van der Waals surface area contributed by atoms with Crippen LogP contribution in [0.25, 0.3) is 11.1 Å². The molecule has 0 aliphatic heterocycles. The molecule has 0 aromatic heterocycles. The number of hydrogen-bond acceptors (Lipinski definition) is 6. The SMILES string of the molecule is COc1cc(C=NNC(=O)c2ccc(COc3ccccc3-c3ccccc3)cc2)cc(OC)c1OC. The molecule has 0 bridgehead atoms. The lowest BCUT2D eigenvalue weighted by Gasteiger charge is -2.12. The van der Waals surface area contributed by atoms with E-state index in [1.54, 1.807) is 24.3 Å². The van der Waals surface area contributed by atoms with Gasteiger partial charge in [0.05, 0.1) is 27.5 Å². The second-order valence-electron chi connectivity index (χ2n) is 8.01. The Morgan fingerprint density at radius 1 is 0.784 bits per heavy atom. The summed E-state index contributed by atoms with van der Waals surface area (Å²) in [7, 11) is 4.61. The van der Waals surface area contributed by atoms with Gasteiger partial charge in [-0.1, -0.05) is 60.7 Å². The number of methoxy groups -OCH3 is 3. The smallest absolute Gasteiger partial charge is 0.271 e. The van der Waals surface area contributed by atoms with Crippen molar-refractivity contribution in [3.05, 3.63) is 108 Å². The number of hydrazone groups is 1. The van der Waals surface area contributed by atoms with E-state index in [9.17, 15) is 4.79 Å². The first-order valence-corrected chi connectivity index (χ1v) is 11.6. The van der Waals surface area contributed by atoms with Crippen LogP contribution in [0.15, 0.2) is 96.1 Å². The van der Waals surface area contributed by atoms with E-state index in [1.165, 1.54) is 27.5 Å². The number of carbonyl (C=O) groups is 1. The average molecular weight is 497 g/mol. The highest BCUT2D eigenvalue weighted by Gasteiger charge is 2.12. The van der Waals surface area contributed by atoms with Crippen molar-refractivity contribution in [3.8, 4) is 34.1 Å². The molecule has 0 aliphatic rings. The third-order valence-corrected chi connectivity index (χ3v) is 5.65. The Kier molecular flexibility index (Phi) is 8.39. The summed E-state index contributed by atoms with van der Waals surface area (Å²) in [5, 5.41) is 4.06. The molecule has 0 unspecified atom stereocenters. The number of amides is 1. The molecule has 4 aromatic carbocycles. The van der Waals surface area contributed by atoms with E-state index in [0.29, 0.717) is 35.0 Å². The van der Waals surface area contributed by atoms with Crippen LogP contribution >= 0.6 is 0 Å². The highest BCUT2D eigenvalue weighted by Crippen LogP contribution is 2.37. The van der Waals surface area contributed by atoms with Crippen LogP contribution in [0.1, 0.15) is 21.5 Å². The number of para-hydroxylation sites is 1. The topological polar surface area (TPSA) is 78.4 Å². The minimum absolute atomic E-state index is 0.328. The maximum absolute atomic E-state index is 12.5. The molecular weight excluding hydrogens is 468 g/mol. The standard InChI is InChI=1S/C30H28N2O5/c1-34-27-17-22(18-28(35-2)29(27)36-3)19-31-32-30(33)24-15-13-21(14-16-24)20-37-26-12-8-7-11-25(26)23-9-5-4-6-10-23/h4-19H,20H2,1-3H3,(H,32,33). The Morgan fingerprint density at radius 2 is 1.43 bits per heavy atom. The third-order valence-electron chi connectivity index (χ3n) is 5.65. The highest BCUT2D eigenvalue weighted by molar-refractivity contribution is 5.95. The summed E-state index contributed by atoms with van der Waals surface area (Å²) in [6.45, 7) is 0.380. The molecule has 0 radical (unpaired) electrons. The molecule has 1 amide bonds. The van der Waals surface area contributed by atoms with Gasteiger partial charge in [-0.2, -0.15) is 5.10 Å². The fourth-order valence-electron chi connectivity index (χ4n) is 3.77. The highest BCUT2D eigenvalue weighted by atomic mass is 16.5. The molecular formula is C30H28N2O5. The van der Waals surface area contributed by atoms with Crippen molar-refractivity contribution in [1.82, 2.24) is 5.43 Å². The van der Waals surface area contributed by atoms with Crippen LogP contribution in [0.2, 0.25) is 0 Å². The Bertz CT molecular complexity index is 1340. The summed E-state index contributed by atoms with van der Waals surface area (Å²) >= 11 is 0. The van der Waals surface area contributed by atoms with Crippen molar-refractivity contribution < 1.29 is 23.7 Å². The van der Waals surface area contributed by atoms with E-state index in [1.807, 2.05) is 54.6 Å². The third kappa shape index (κ3) is 6.27. The van der Waals surface area contributed by atoms with E-state index >= 15 is 0 Å². The molecule has 0 atom stereocenters. The van der Waals surface area contributed by atoms with Crippen LogP contribution in [-0.2, 0) is 6.61 Å². The van der Waals surface area contributed by atoms with Crippen LogP contribution in [0.5, 0.6) is 23.0 Å². The number of carbonyl (C=O) groups excluding carboxylic acids is 1. The van der Waals surface area contributed by atoms with Gasteiger partial charge in [0.15, 0.2) is 11.5 Å². The number of rotatable bonds is 10. The molecule has 7 heteroatoms. The number of ether oxygens (including phenoxy) is 4. The van der Waals surface area contributed by atoms with Gasteiger partial charge in [0.25, 0.3) is 5.91 Å². The minimum Gasteiger partial charge on any atom is -0.493 e. The van der Waals surface area contributed by atoms with Crippen molar-refractivity contribution in [2.75, 3.05) is 21.3 Å². The monoisotopic (exact) mass is 496 g/mol. The van der Waals surface area contributed by atoms with Gasteiger partial charge in [0.2, 0.25) is 5.75 Å². The maximum atomic E-state index is 12.5. The Hall–Kier alpha value is -4.78. The molecule has 188 valence electrons. The summed E-state index contributed by atoms with van der Waals surface area (Å²) < 4.78 is 22.1. The fourth-order valence-corrected chi connectivity index (χ4v) is 3.77. The van der Waals surface area contributed by atoms with E-state index in [-0.39, 0.29) is 5.91 Å². The predicted molar refractivity (Wildman–Crippen MR) is 144 cm³/mol. The van der Waals surface area contributed by atoms with Gasteiger partial charge in [-0.3, -0.25) is 4.79 Å². The van der Waals surface area contributed by atoms with Gasteiger partial charge >= 0.3 is 0 Å². The van der Waals surface area contributed by atoms with Gasteiger partial charge in [-0.25, -0.2) is 5.43 Å². The first-order valence-electron chi connectivity index (χ1n) is 11.6. The molecule has 0 saturated carbocycles. The van der Waals surface area contributed by atoms with Crippen LogP contribution in [-0.4, -0.2) is 33.5 Å². The van der Waals surface area contributed by atoms with E-state index in [0.717, 1.165) is 22.4 Å². The average Bonchev–Trinajstić information content (AvgIpc) is 2.96. The second kappa shape index (κ2) is 12.3. The van der Waals surface area contributed by atoms with Gasteiger partial charge < -0.3 is 18.9 Å². The Balaban J connectivity index is 1.37. The zero-order valence-electron chi connectivity index (χ0n) is 20.9. The molecule has 1 N–H and O–H groups in total. The van der Waals surface area contributed by atoms with Crippen LogP contribution < -0.4 is 24.4 Å². The van der Waals surface area contributed by atoms with Crippen molar-refractivity contribution >= 4 is 12.1 Å². The van der Waals surface area contributed by atoms with Crippen LogP contribution in [0, 0.1) is 0 Å². The Morgan fingerprint density at radius 3 is 2.08 bits per heavy atom. The molecule has 0 fully saturated rings. The van der Waals surface area contributed by atoms with Crippen molar-refractivity contribution in [2.24, 2.45) is 5.10 Å². The van der Waals surface area contributed by atoms with Gasteiger partial charge in [-0.15, -0.1) is 0 Å². The molecule has 4 aromatic rings. The number of hydrogen-bond donors (Lipinski definition) is 1. The number of nitrogens with zero attached hydrogens (tertiary/aromatic N) is 1. The van der Waals surface area contributed by atoms with E-state index in [2.05, 4.69) is 22.7 Å². The minimum atomic E-state index is -0.328. The lowest BCUT2D eigenvalue weighted by molar-refractivity contribution is 0.0955. The molecule has 37 heavy (non-hydrogen) atoms.